The molecule has 2 N–H and O–H groups in total. The van der Waals surface area contributed by atoms with E-state index in [0.29, 0.717) is 40.4 Å². The fourth-order valence-electron chi connectivity index (χ4n) is 3.35. The quantitative estimate of drug-likeness (QED) is 0.488. The van der Waals surface area contributed by atoms with E-state index in [4.69, 9.17) is 21.7 Å². The minimum absolute atomic E-state index is 0.134. The normalized spacial score (nSPS) is 11.8. The molecular weight excluding hydrogens is 414 g/mol. The highest BCUT2D eigenvalue weighted by molar-refractivity contribution is 7.71. The van der Waals surface area contributed by atoms with Crippen molar-refractivity contribution in [2.75, 3.05) is 13.2 Å². The molecule has 31 heavy (non-hydrogen) atoms. The van der Waals surface area contributed by atoms with E-state index in [2.05, 4.69) is 10.3 Å². The van der Waals surface area contributed by atoms with E-state index >= 15 is 0 Å². The Hall–Kier alpha value is -3.13. The number of ether oxygens (including phenoxy) is 2. The molecule has 8 heteroatoms. The number of H-pyrrole nitrogens is 1. The highest BCUT2D eigenvalue weighted by Crippen LogP contribution is 2.30. The molecule has 0 radical (unpaired) electrons. The molecule has 2 aromatic carbocycles. The van der Waals surface area contributed by atoms with Crippen molar-refractivity contribution in [2.24, 2.45) is 0 Å². The molecule has 0 aliphatic carbocycles. The first-order valence-corrected chi connectivity index (χ1v) is 10.8. The van der Waals surface area contributed by atoms with Crippen LogP contribution in [0.15, 0.2) is 47.3 Å². The molecule has 1 atom stereocenters. The van der Waals surface area contributed by atoms with Crippen molar-refractivity contribution in [1.29, 1.82) is 0 Å². The zero-order chi connectivity index (χ0) is 22.4. The van der Waals surface area contributed by atoms with Crippen molar-refractivity contribution in [2.45, 2.75) is 39.8 Å². The molecule has 3 aromatic rings. The molecule has 0 bridgehead atoms. The lowest BCUT2D eigenvalue weighted by Crippen LogP contribution is -2.30. The van der Waals surface area contributed by atoms with Crippen LogP contribution in [-0.2, 0) is 11.3 Å². The van der Waals surface area contributed by atoms with Gasteiger partial charge < -0.3 is 19.8 Å². The molecule has 0 aliphatic heterocycles. The second-order valence-electron chi connectivity index (χ2n) is 7.04. The van der Waals surface area contributed by atoms with Crippen LogP contribution in [0, 0.1) is 4.77 Å². The number of rotatable bonds is 9. The Morgan fingerprint density at radius 1 is 1.13 bits per heavy atom. The third-order valence-electron chi connectivity index (χ3n) is 4.90. The predicted molar refractivity (Wildman–Crippen MR) is 123 cm³/mol. The van der Waals surface area contributed by atoms with E-state index < -0.39 is 0 Å². The van der Waals surface area contributed by atoms with Crippen molar-refractivity contribution in [1.82, 2.24) is 14.9 Å². The summed E-state index contributed by atoms with van der Waals surface area (Å²) in [6.45, 7) is 6.99. The van der Waals surface area contributed by atoms with Gasteiger partial charge in [0.25, 0.3) is 5.56 Å². The fraction of sp³-hybridized carbons (Fsp3) is 0.348. The number of carbonyl (C=O) groups is 1. The van der Waals surface area contributed by atoms with Gasteiger partial charge >= 0.3 is 0 Å². The number of hydrogen-bond donors (Lipinski definition) is 2. The van der Waals surface area contributed by atoms with Gasteiger partial charge in [0.2, 0.25) is 5.91 Å². The smallest absolute Gasteiger partial charge is 0.262 e. The number of aromatic nitrogens is 2. The molecule has 0 saturated heterocycles. The first-order valence-electron chi connectivity index (χ1n) is 10.3. The molecule has 7 nitrogen and oxygen atoms in total. The molecule has 3 rings (SSSR count). The van der Waals surface area contributed by atoms with Gasteiger partial charge in [-0.3, -0.25) is 14.2 Å². The molecule has 1 aromatic heterocycles. The van der Waals surface area contributed by atoms with Crippen molar-refractivity contribution in [3.8, 4) is 11.5 Å². The summed E-state index contributed by atoms with van der Waals surface area (Å²) in [5.41, 5.74) is 1.39. The summed E-state index contributed by atoms with van der Waals surface area (Å²) in [6, 6.07) is 12.6. The van der Waals surface area contributed by atoms with Crippen LogP contribution in [0.4, 0.5) is 0 Å². The Kier molecular flexibility index (Phi) is 7.46. The van der Waals surface area contributed by atoms with Crippen LogP contribution in [0.2, 0.25) is 0 Å². The minimum atomic E-state index is -0.231. The standard InChI is InChI=1S/C23H27N3O4S/c1-4-29-19-11-10-16(14-20(19)30-5-2)15(3)24-21(27)12-13-26-22(28)17-8-6-7-9-18(17)25-23(26)31/h6-11,14-15H,4-5,12-13H2,1-3H3,(H,24,27)(H,25,31). The summed E-state index contributed by atoms with van der Waals surface area (Å²) >= 11 is 5.31. The molecule has 164 valence electrons. The van der Waals surface area contributed by atoms with Crippen LogP contribution in [0.1, 0.15) is 38.8 Å². The first-order chi connectivity index (χ1) is 14.9. The molecule has 1 heterocycles. The molecule has 1 unspecified atom stereocenters. The minimum Gasteiger partial charge on any atom is -0.490 e. The number of nitrogens with zero attached hydrogens (tertiary/aromatic N) is 1. The van der Waals surface area contributed by atoms with Gasteiger partial charge in [-0.05, 0) is 62.8 Å². The van der Waals surface area contributed by atoms with Crippen molar-refractivity contribution in [3.63, 3.8) is 0 Å². The van der Waals surface area contributed by atoms with E-state index in [0.717, 1.165) is 5.56 Å². The van der Waals surface area contributed by atoms with E-state index in [-0.39, 0.29) is 30.5 Å². The lowest BCUT2D eigenvalue weighted by atomic mass is 10.1. The van der Waals surface area contributed by atoms with Gasteiger partial charge in [0.05, 0.1) is 30.2 Å². The van der Waals surface area contributed by atoms with Crippen LogP contribution in [0.5, 0.6) is 11.5 Å². The molecule has 0 fully saturated rings. The average Bonchev–Trinajstić information content (AvgIpc) is 2.75. The number of amides is 1. The monoisotopic (exact) mass is 441 g/mol. The summed E-state index contributed by atoms with van der Waals surface area (Å²) in [7, 11) is 0. The lowest BCUT2D eigenvalue weighted by Gasteiger charge is -2.18. The van der Waals surface area contributed by atoms with Gasteiger partial charge in [-0.2, -0.15) is 0 Å². The molecule has 0 aliphatic rings. The van der Waals surface area contributed by atoms with Gasteiger partial charge in [-0.15, -0.1) is 0 Å². The maximum absolute atomic E-state index is 12.7. The summed E-state index contributed by atoms with van der Waals surface area (Å²) in [4.78, 5) is 28.3. The van der Waals surface area contributed by atoms with Crippen LogP contribution < -0.4 is 20.3 Å². The lowest BCUT2D eigenvalue weighted by molar-refractivity contribution is -0.122. The van der Waals surface area contributed by atoms with E-state index in [1.165, 1.54) is 4.57 Å². The SMILES string of the molecule is CCOc1ccc(C(C)NC(=O)CCn2c(=S)[nH]c3ccccc3c2=O)cc1OCC. The number of hydrogen-bond acceptors (Lipinski definition) is 5. The summed E-state index contributed by atoms with van der Waals surface area (Å²) in [6.07, 6.45) is 0.134. The summed E-state index contributed by atoms with van der Waals surface area (Å²) < 4.78 is 13.0. The topological polar surface area (TPSA) is 85.4 Å². The van der Waals surface area contributed by atoms with Crippen molar-refractivity contribution in [3.05, 3.63) is 63.2 Å². The molecule has 0 saturated carbocycles. The summed E-state index contributed by atoms with van der Waals surface area (Å²) in [5, 5.41) is 3.51. The average molecular weight is 442 g/mol. The third kappa shape index (κ3) is 5.32. The highest BCUT2D eigenvalue weighted by atomic mass is 32.1. The van der Waals surface area contributed by atoms with Crippen LogP contribution >= 0.6 is 12.2 Å². The zero-order valence-corrected chi connectivity index (χ0v) is 18.8. The number of fused-ring (bicyclic) bond motifs is 1. The van der Waals surface area contributed by atoms with Gasteiger partial charge in [0, 0.05) is 13.0 Å². The van der Waals surface area contributed by atoms with Crippen LogP contribution in [-0.4, -0.2) is 28.7 Å². The highest BCUT2D eigenvalue weighted by Gasteiger charge is 2.14. The van der Waals surface area contributed by atoms with Gasteiger partial charge in [-0.1, -0.05) is 18.2 Å². The second kappa shape index (κ2) is 10.3. The molecule has 0 spiro atoms. The molecular formula is C23H27N3O4S. The number of para-hydroxylation sites is 1. The van der Waals surface area contributed by atoms with Crippen LogP contribution in [0.25, 0.3) is 10.9 Å². The number of carbonyl (C=O) groups excluding carboxylic acids is 1. The zero-order valence-electron chi connectivity index (χ0n) is 17.9. The predicted octanol–water partition coefficient (Wildman–Crippen LogP) is 4.12. The third-order valence-corrected chi connectivity index (χ3v) is 5.22. The fourth-order valence-corrected chi connectivity index (χ4v) is 3.63. The summed E-state index contributed by atoms with van der Waals surface area (Å²) in [5.74, 6) is 1.15. The van der Waals surface area contributed by atoms with Gasteiger partial charge in [0.1, 0.15) is 0 Å². The Morgan fingerprint density at radius 3 is 2.58 bits per heavy atom. The maximum Gasteiger partial charge on any atom is 0.262 e. The van der Waals surface area contributed by atoms with Gasteiger partial charge in [0.15, 0.2) is 16.3 Å². The maximum atomic E-state index is 12.7. The Labute approximate surface area is 186 Å². The van der Waals surface area contributed by atoms with E-state index in [1.807, 2.05) is 45.0 Å². The largest absolute Gasteiger partial charge is 0.490 e. The first kappa shape index (κ1) is 22.6. The van der Waals surface area contributed by atoms with Crippen molar-refractivity contribution >= 4 is 29.0 Å². The number of benzene rings is 2. The Bertz CT molecular complexity index is 1190. The molecule has 1 amide bonds. The van der Waals surface area contributed by atoms with E-state index in [1.54, 1.807) is 18.2 Å². The second-order valence-corrected chi connectivity index (χ2v) is 7.43. The Balaban J connectivity index is 1.69. The van der Waals surface area contributed by atoms with Crippen molar-refractivity contribution < 1.29 is 14.3 Å². The van der Waals surface area contributed by atoms with E-state index in [9.17, 15) is 9.59 Å². The van der Waals surface area contributed by atoms with Gasteiger partial charge in [-0.25, -0.2) is 0 Å². The number of nitrogens with one attached hydrogen (secondary N) is 2. The van der Waals surface area contributed by atoms with Crippen LogP contribution in [0.3, 0.4) is 0 Å². The Morgan fingerprint density at radius 2 is 1.84 bits per heavy atom. The number of aromatic amines is 1.